The first kappa shape index (κ1) is 28.3. The third-order valence-electron chi connectivity index (χ3n) is 5.96. The zero-order chi connectivity index (χ0) is 27.2. The van der Waals surface area contributed by atoms with Crippen molar-refractivity contribution >= 4 is 33.3 Å². The smallest absolute Gasteiger partial charge is 0.475 e. The summed E-state index contributed by atoms with van der Waals surface area (Å²) in [5, 5.41) is 10.4. The summed E-state index contributed by atoms with van der Waals surface area (Å²) in [5.41, 5.74) is 2.44. The van der Waals surface area contributed by atoms with Gasteiger partial charge in [0.2, 0.25) is 0 Å². The highest BCUT2D eigenvalue weighted by Gasteiger charge is 2.38. The van der Waals surface area contributed by atoms with Crippen molar-refractivity contribution in [1.29, 1.82) is 0 Å². The lowest BCUT2D eigenvalue weighted by atomic mass is 10.1. The number of rotatable bonds is 5. The third kappa shape index (κ3) is 7.35. The highest BCUT2D eigenvalue weighted by Crippen LogP contribution is 2.31. The van der Waals surface area contributed by atoms with Crippen LogP contribution in [0.4, 0.5) is 24.5 Å². The standard InChI is InChI=1S/C22H28N4O3S.C2HF3O2/c1-17-6-2-3-7-21(17)30(28,29)24-19-16-18(22(27)26-12-4-5-13-26)8-9-20(19)25-14-10-23-11-15-25;3-2(4,5)1(6)7/h2-3,6-9,16,23-24H,4-5,10-15H2,1H3;(H,6,7). The molecule has 9 nitrogen and oxygen atoms in total. The SMILES string of the molecule is Cc1ccccc1S(=O)(=O)Nc1cc(C(=O)N2CCCC2)ccc1N1CCNCC1.O=C(O)C(F)(F)F. The summed E-state index contributed by atoms with van der Waals surface area (Å²) in [6, 6.07) is 12.3. The number of carbonyl (C=O) groups excluding carboxylic acids is 1. The summed E-state index contributed by atoms with van der Waals surface area (Å²) >= 11 is 0. The molecule has 2 saturated heterocycles. The Labute approximate surface area is 213 Å². The van der Waals surface area contributed by atoms with E-state index in [0.717, 1.165) is 57.8 Å². The lowest BCUT2D eigenvalue weighted by molar-refractivity contribution is -0.192. The summed E-state index contributed by atoms with van der Waals surface area (Å²) in [5.74, 6) is -2.80. The molecule has 37 heavy (non-hydrogen) atoms. The van der Waals surface area contributed by atoms with E-state index in [0.29, 0.717) is 16.8 Å². The minimum atomic E-state index is -5.08. The number of amides is 1. The summed E-state index contributed by atoms with van der Waals surface area (Å²) in [6.07, 6.45) is -3.06. The molecule has 13 heteroatoms. The average Bonchev–Trinajstić information content (AvgIpc) is 3.39. The number of halogens is 3. The number of nitrogens with zero attached hydrogens (tertiary/aromatic N) is 2. The van der Waals surface area contributed by atoms with Gasteiger partial charge in [0.05, 0.1) is 16.3 Å². The van der Waals surface area contributed by atoms with E-state index in [2.05, 4.69) is 14.9 Å². The van der Waals surface area contributed by atoms with Crippen molar-refractivity contribution in [2.75, 3.05) is 48.9 Å². The van der Waals surface area contributed by atoms with E-state index >= 15 is 0 Å². The van der Waals surface area contributed by atoms with Gasteiger partial charge in [0.15, 0.2) is 0 Å². The lowest BCUT2D eigenvalue weighted by Gasteiger charge is -2.31. The number of carboxylic acids is 1. The maximum atomic E-state index is 13.2. The Kier molecular flexibility index (Phi) is 9.02. The number of piperazine rings is 1. The van der Waals surface area contributed by atoms with E-state index in [1.165, 1.54) is 0 Å². The molecule has 0 aliphatic carbocycles. The number of carbonyl (C=O) groups is 2. The molecule has 0 saturated carbocycles. The molecule has 202 valence electrons. The zero-order valence-electron chi connectivity index (χ0n) is 20.2. The van der Waals surface area contributed by atoms with Crippen molar-refractivity contribution < 1.29 is 36.3 Å². The Bertz CT molecular complexity index is 1230. The molecule has 2 aromatic carbocycles. The molecule has 0 spiro atoms. The fourth-order valence-electron chi connectivity index (χ4n) is 4.09. The van der Waals surface area contributed by atoms with Gasteiger partial charge in [-0.15, -0.1) is 0 Å². The van der Waals surface area contributed by atoms with E-state index in [-0.39, 0.29) is 10.8 Å². The first-order valence-corrected chi connectivity index (χ1v) is 13.2. The lowest BCUT2D eigenvalue weighted by Crippen LogP contribution is -2.43. The number of hydrogen-bond acceptors (Lipinski definition) is 6. The molecule has 0 aromatic heterocycles. The average molecular weight is 543 g/mol. The molecule has 1 amide bonds. The van der Waals surface area contributed by atoms with Crippen LogP contribution >= 0.6 is 0 Å². The molecule has 3 N–H and O–H groups in total. The largest absolute Gasteiger partial charge is 0.490 e. The molecule has 2 fully saturated rings. The van der Waals surface area contributed by atoms with E-state index in [4.69, 9.17) is 9.90 Å². The maximum Gasteiger partial charge on any atom is 0.490 e. The van der Waals surface area contributed by atoms with Crippen LogP contribution in [0, 0.1) is 6.92 Å². The van der Waals surface area contributed by atoms with Crippen molar-refractivity contribution in [3.63, 3.8) is 0 Å². The Morgan fingerprint density at radius 1 is 1.00 bits per heavy atom. The van der Waals surface area contributed by atoms with Crippen LogP contribution in [0.3, 0.4) is 0 Å². The van der Waals surface area contributed by atoms with Gasteiger partial charge >= 0.3 is 12.1 Å². The Hall–Kier alpha value is -3.32. The van der Waals surface area contributed by atoms with Gasteiger partial charge in [-0.3, -0.25) is 9.52 Å². The normalized spacial score (nSPS) is 16.1. The van der Waals surface area contributed by atoms with E-state index < -0.39 is 22.2 Å². The van der Waals surface area contributed by atoms with E-state index in [9.17, 15) is 26.4 Å². The van der Waals surface area contributed by atoms with Crippen molar-refractivity contribution in [1.82, 2.24) is 10.2 Å². The van der Waals surface area contributed by atoms with Gasteiger partial charge in [0.25, 0.3) is 15.9 Å². The van der Waals surface area contributed by atoms with Gasteiger partial charge in [-0.05, 0) is 49.6 Å². The molecule has 0 atom stereocenters. The van der Waals surface area contributed by atoms with Crippen LogP contribution < -0.4 is 14.9 Å². The molecule has 0 radical (unpaired) electrons. The monoisotopic (exact) mass is 542 g/mol. The van der Waals surface area contributed by atoms with Gasteiger partial charge in [-0.1, -0.05) is 18.2 Å². The van der Waals surface area contributed by atoms with Gasteiger partial charge in [-0.2, -0.15) is 13.2 Å². The fraction of sp³-hybridized carbons (Fsp3) is 0.417. The Balaban J connectivity index is 0.000000479. The van der Waals surface area contributed by atoms with Crippen LogP contribution in [0.15, 0.2) is 47.4 Å². The van der Waals surface area contributed by atoms with Crippen molar-refractivity contribution in [3.05, 3.63) is 53.6 Å². The summed E-state index contributed by atoms with van der Waals surface area (Å²) in [4.78, 5) is 26.0. The molecule has 0 bridgehead atoms. The number of nitrogens with one attached hydrogen (secondary N) is 2. The number of alkyl halides is 3. The fourth-order valence-corrected chi connectivity index (χ4v) is 5.41. The minimum absolute atomic E-state index is 0.0456. The predicted octanol–water partition coefficient (Wildman–Crippen LogP) is 3.07. The first-order chi connectivity index (χ1) is 17.4. The van der Waals surface area contributed by atoms with Crippen LogP contribution in [0.1, 0.15) is 28.8 Å². The molecule has 2 aliphatic heterocycles. The number of aliphatic carboxylic acids is 1. The molecular weight excluding hydrogens is 513 g/mol. The number of benzene rings is 2. The number of sulfonamides is 1. The molecule has 2 heterocycles. The topological polar surface area (TPSA) is 119 Å². The molecule has 2 aliphatic rings. The molecule has 2 aromatic rings. The summed E-state index contributed by atoms with van der Waals surface area (Å²) in [7, 11) is -3.78. The predicted molar refractivity (Wildman–Crippen MR) is 132 cm³/mol. The third-order valence-corrected chi connectivity index (χ3v) is 7.49. The van der Waals surface area contributed by atoms with Gasteiger partial charge in [0, 0.05) is 44.8 Å². The van der Waals surface area contributed by atoms with Crippen molar-refractivity contribution in [2.45, 2.75) is 30.8 Å². The van der Waals surface area contributed by atoms with Crippen LogP contribution in [-0.4, -0.2) is 75.7 Å². The number of hydrogen-bond donors (Lipinski definition) is 3. The summed E-state index contributed by atoms with van der Waals surface area (Å²) in [6.45, 7) is 6.50. The van der Waals surface area contributed by atoms with Crippen LogP contribution in [0.25, 0.3) is 0 Å². The van der Waals surface area contributed by atoms with Crippen LogP contribution in [0.2, 0.25) is 0 Å². The highest BCUT2D eigenvalue weighted by atomic mass is 32.2. The summed E-state index contributed by atoms with van der Waals surface area (Å²) < 4.78 is 60.8. The van der Waals surface area contributed by atoms with Crippen LogP contribution in [-0.2, 0) is 14.8 Å². The van der Waals surface area contributed by atoms with Gasteiger partial charge < -0.3 is 20.2 Å². The van der Waals surface area contributed by atoms with Crippen molar-refractivity contribution in [2.24, 2.45) is 0 Å². The second-order valence-corrected chi connectivity index (χ2v) is 10.3. The molecule has 0 unspecified atom stereocenters. The van der Waals surface area contributed by atoms with Crippen LogP contribution in [0.5, 0.6) is 0 Å². The van der Waals surface area contributed by atoms with Crippen molar-refractivity contribution in [3.8, 4) is 0 Å². The second-order valence-electron chi connectivity index (χ2n) is 8.64. The van der Waals surface area contributed by atoms with Gasteiger partial charge in [-0.25, -0.2) is 13.2 Å². The second kappa shape index (κ2) is 11.8. The van der Waals surface area contributed by atoms with Gasteiger partial charge in [0.1, 0.15) is 0 Å². The number of likely N-dealkylation sites (tertiary alicyclic amines) is 1. The molecule has 4 rings (SSSR count). The van der Waals surface area contributed by atoms with E-state index in [1.54, 1.807) is 31.2 Å². The Morgan fingerprint density at radius 2 is 1.59 bits per heavy atom. The Morgan fingerprint density at radius 3 is 2.16 bits per heavy atom. The number of aryl methyl sites for hydroxylation is 1. The number of carboxylic acid groups (broad SMARTS) is 1. The zero-order valence-corrected chi connectivity index (χ0v) is 21.0. The molecular formula is C24H29F3N4O5S. The highest BCUT2D eigenvalue weighted by molar-refractivity contribution is 7.92. The minimum Gasteiger partial charge on any atom is -0.475 e. The quantitative estimate of drug-likeness (QED) is 0.531. The van der Waals surface area contributed by atoms with E-state index in [1.807, 2.05) is 23.1 Å². The number of anilines is 2. The maximum absolute atomic E-state index is 13.2. The first-order valence-electron chi connectivity index (χ1n) is 11.7.